The van der Waals surface area contributed by atoms with E-state index in [-0.39, 0.29) is 23.0 Å². The fourth-order valence-electron chi connectivity index (χ4n) is 3.56. The molecule has 0 aliphatic heterocycles. The van der Waals surface area contributed by atoms with Crippen molar-refractivity contribution in [1.82, 2.24) is 0 Å². The predicted octanol–water partition coefficient (Wildman–Crippen LogP) is 9.30. The molecule has 0 aromatic rings. The van der Waals surface area contributed by atoms with E-state index in [2.05, 4.69) is 47.7 Å². The third-order valence-corrected chi connectivity index (χ3v) is 11.6. The van der Waals surface area contributed by atoms with Crippen molar-refractivity contribution in [2.75, 3.05) is 6.61 Å². The first-order valence-corrected chi connectivity index (χ1v) is 16.5. The second kappa shape index (κ2) is 15.5. The number of ether oxygens (including phenoxy) is 1. The van der Waals surface area contributed by atoms with Gasteiger partial charge in [0.2, 0.25) is 0 Å². The Morgan fingerprint density at radius 3 is 1.62 bits per heavy atom. The number of hydrogen-bond donors (Lipinski definition) is 0. The minimum Gasteiger partial charge on any atom is -0.465 e. The quantitative estimate of drug-likeness (QED) is 0.121. The molecular formula is C28H58O3Si. The van der Waals surface area contributed by atoms with Gasteiger partial charge in [0.05, 0.1) is 18.1 Å². The first kappa shape index (κ1) is 31.6. The summed E-state index contributed by atoms with van der Waals surface area (Å²) in [7, 11) is -1.86. The maximum Gasteiger partial charge on any atom is 0.311 e. The van der Waals surface area contributed by atoms with E-state index in [4.69, 9.17) is 9.16 Å². The van der Waals surface area contributed by atoms with Crippen molar-refractivity contribution in [3.63, 3.8) is 0 Å². The number of carbonyl (C=O) groups is 1. The molecule has 0 unspecified atom stereocenters. The van der Waals surface area contributed by atoms with Crippen molar-refractivity contribution in [2.45, 2.75) is 157 Å². The van der Waals surface area contributed by atoms with Gasteiger partial charge < -0.3 is 9.16 Å². The minimum atomic E-state index is -1.86. The summed E-state index contributed by atoms with van der Waals surface area (Å²) in [6, 6.07) is 0. The number of rotatable bonds is 17. The second-order valence-corrected chi connectivity index (χ2v) is 17.3. The molecule has 32 heavy (non-hydrogen) atoms. The van der Waals surface area contributed by atoms with Crippen molar-refractivity contribution in [3.05, 3.63) is 0 Å². The van der Waals surface area contributed by atoms with Crippen LogP contribution in [0.5, 0.6) is 0 Å². The second-order valence-electron chi connectivity index (χ2n) is 12.6. The molecule has 0 spiro atoms. The molecule has 4 heteroatoms. The molecule has 0 radical (unpaired) electrons. The van der Waals surface area contributed by atoms with Crippen molar-refractivity contribution < 1.29 is 14.0 Å². The molecule has 192 valence electrons. The van der Waals surface area contributed by atoms with Crippen LogP contribution in [0, 0.1) is 11.3 Å². The molecule has 0 fully saturated rings. The molecule has 0 bridgehead atoms. The van der Waals surface area contributed by atoms with Gasteiger partial charge in [0.15, 0.2) is 8.32 Å². The average molecular weight is 471 g/mol. The first-order chi connectivity index (χ1) is 14.7. The zero-order valence-corrected chi connectivity index (χ0v) is 24.6. The molecule has 3 nitrogen and oxygen atoms in total. The van der Waals surface area contributed by atoms with Crippen LogP contribution in [-0.4, -0.2) is 27.0 Å². The largest absolute Gasteiger partial charge is 0.465 e. The summed E-state index contributed by atoms with van der Waals surface area (Å²) in [5, 5.41) is 0.185. The molecule has 0 aromatic carbocycles. The van der Waals surface area contributed by atoms with Gasteiger partial charge in [0.1, 0.15) is 0 Å². The smallest absolute Gasteiger partial charge is 0.311 e. The van der Waals surface area contributed by atoms with Gasteiger partial charge in [-0.1, -0.05) is 105 Å². The zero-order chi connectivity index (χ0) is 24.8. The molecule has 0 saturated heterocycles. The Morgan fingerprint density at radius 2 is 1.22 bits per heavy atom. The summed E-state index contributed by atoms with van der Waals surface area (Å²) in [5.41, 5.74) is -0.453. The highest BCUT2D eigenvalue weighted by molar-refractivity contribution is 6.74. The molecule has 0 aliphatic carbocycles. The summed E-state index contributed by atoms with van der Waals surface area (Å²) in [6.45, 7) is 22.2. The fourth-order valence-corrected chi connectivity index (χ4v) is 5.02. The molecule has 0 aliphatic rings. The van der Waals surface area contributed by atoms with Crippen LogP contribution in [0.1, 0.15) is 132 Å². The van der Waals surface area contributed by atoms with E-state index < -0.39 is 13.7 Å². The summed E-state index contributed by atoms with van der Waals surface area (Å²) < 4.78 is 12.5. The van der Waals surface area contributed by atoms with Crippen LogP contribution < -0.4 is 0 Å². The van der Waals surface area contributed by atoms with E-state index in [1.54, 1.807) is 0 Å². The van der Waals surface area contributed by atoms with E-state index in [1.807, 2.05) is 20.8 Å². The lowest BCUT2D eigenvalue weighted by atomic mass is 9.96. The monoisotopic (exact) mass is 470 g/mol. The van der Waals surface area contributed by atoms with Crippen molar-refractivity contribution >= 4 is 14.3 Å². The topological polar surface area (TPSA) is 35.5 Å². The van der Waals surface area contributed by atoms with Crippen LogP contribution in [0.25, 0.3) is 0 Å². The van der Waals surface area contributed by atoms with Gasteiger partial charge in [-0.05, 0) is 45.3 Å². The predicted molar refractivity (Wildman–Crippen MR) is 143 cm³/mol. The van der Waals surface area contributed by atoms with Crippen molar-refractivity contribution in [1.29, 1.82) is 0 Å². The average Bonchev–Trinajstić information content (AvgIpc) is 2.67. The van der Waals surface area contributed by atoms with E-state index in [1.165, 1.54) is 70.6 Å². The third-order valence-electron chi connectivity index (χ3n) is 7.07. The lowest BCUT2D eigenvalue weighted by Gasteiger charge is -2.41. The highest BCUT2D eigenvalue weighted by atomic mass is 28.4. The van der Waals surface area contributed by atoms with Crippen molar-refractivity contribution in [3.8, 4) is 0 Å². The lowest BCUT2D eigenvalue weighted by molar-refractivity contribution is -0.155. The molecule has 2 atom stereocenters. The maximum atomic E-state index is 12.2. The van der Waals surface area contributed by atoms with E-state index in [0.717, 1.165) is 6.42 Å². The summed E-state index contributed by atoms with van der Waals surface area (Å²) in [4.78, 5) is 12.2. The van der Waals surface area contributed by atoms with Gasteiger partial charge in [-0.25, -0.2) is 0 Å². The van der Waals surface area contributed by atoms with Crippen LogP contribution in [0.4, 0.5) is 0 Å². The highest BCUT2D eigenvalue weighted by Crippen LogP contribution is 2.39. The Hall–Kier alpha value is -0.353. The number of esters is 1. The molecule has 0 aromatic heterocycles. The van der Waals surface area contributed by atoms with Crippen LogP contribution in [0.15, 0.2) is 0 Å². The number of unbranched alkanes of at least 4 members (excludes halogenated alkanes) is 10. The SMILES string of the molecule is CCCCCCCCCCCCC[C@@H](O[Si](C)(C)C(C)(C)C)[C@H](C)COC(=O)C(C)(C)C. The van der Waals surface area contributed by atoms with Crippen LogP contribution in [-0.2, 0) is 14.0 Å². The highest BCUT2D eigenvalue weighted by Gasteiger charge is 2.40. The van der Waals surface area contributed by atoms with Gasteiger partial charge >= 0.3 is 5.97 Å². The molecule has 0 rings (SSSR count). The molecule has 0 N–H and O–H groups in total. The Balaban J connectivity index is 4.50. The van der Waals surface area contributed by atoms with Crippen LogP contribution in [0.3, 0.4) is 0 Å². The first-order valence-electron chi connectivity index (χ1n) is 13.6. The van der Waals surface area contributed by atoms with Crippen LogP contribution in [0.2, 0.25) is 18.1 Å². The number of hydrogen-bond acceptors (Lipinski definition) is 3. The van der Waals surface area contributed by atoms with Gasteiger partial charge in [0.25, 0.3) is 0 Å². The van der Waals surface area contributed by atoms with Gasteiger partial charge in [-0.2, -0.15) is 0 Å². The molecule has 0 saturated carbocycles. The Kier molecular flexibility index (Phi) is 15.4. The third kappa shape index (κ3) is 14.0. The van der Waals surface area contributed by atoms with E-state index in [0.29, 0.717) is 6.61 Å². The molecular weight excluding hydrogens is 412 g/mol. The van der Waals surface area contributed by atoms with Crippen molar-refractivity contribution in [2.24, 2.45) is 11.3 Å². The van der Waals surface area contributed by atoms with E-state index in [9.17, 15) is 4.79 Å². The normalized spacial score (nSPS) is 14.9. The zero-order valence-electron chi connectivity index (χ0n) is 23.6. The molecule has 0 amide bonds. The Labute approximate surface area is 202 Å². The summed E-state index contributed by atoms with van der Waals surface area (Å²) in [6.07, 6.45) is 16.2. The number of carbonyl (C=O) groups excluding carboxylic acids is 1. The summed E-state index contributed by atoms with van der Waals surface area (Å²) in [5.74, 6) is 0.101. The Bertz CT molecular complexity index is 488. The minimum absolute atomic E-state index is 0.120. The Morgan fingerprint density at radius 1 is 0.781 bits per heavy atom. The van der Waals surface area contributed by atoms with E-state index >= 15 is 0 Å². The fraction of sp³-hybridized carbons (Fsp3) is 0.964. The standard InChI is InChI=1S/C28H58O3Si/c1-11-12-13-14-15-16-17-18-19-20-21-22-25(31-32(9,10)28(6,7)8)24(2)23-30-26(29)27(3,4)5/h24-25H,11-23H2,1-10H3/t24-,25-/m1/s1. The van der Waals surface area contributed by atoms with Gasteiger partial charge in [0, 0.05) is 5.92 Å². The molecule has 0 heterocycles. The maximum absolute atomic E-state index is 12.2. The van der Waals surface area contributed by atoms with Gasteiger partial charge in [-0.15, -0.1) is 0 Å². The van der Waals surface area contributed by atoms with Crippen LogP contribution >= 0.6 is 0 Å². The lowest BCUT2D eigenvalue weighted by Crippen LogP contribution is -2.46. The summed E-state index contributed by atoms with van der Waals surface area (Å²) >= 11 is 0. The van der Waals surface area contributed by atoms with Gasteiger partial charge in [-0.3, -0.25) is 4.79 Å².